The van der Waals surface area contributed by atoms with Crippen LogP contribution in [0.1, 0.15) is 30.2 Å². The molecule has 0 bridgehead atoms. The molecule has 1 aliphatic rings. The SMILES string of the molecule is C[C@H]1OCCN[C@@H]1c1nc(Cc2cccc(F)c2)no1. The van der Waals surface area contributed by atoms with Crippen molar-refractivity contribution >= 4 is 0 Å². The number of hydrogen-bond donors (Lipinski definition) is 1. The lowest BCUT2D eigenvalue weighted by Gasteiger charge is -2.27. The Labute approximate surface area is 116 Å². The summed E-state index contributed by atoms with van der Waals surface area (Å²) in [7, 11) is 0. The summed E-state index contributed by atoms with van der Waals surface area (Å²) in [5.41, 5.74) is 0.818. The van der Waals surface area contributed by atoms with Gasteiger partial charge in [-0.25, -0.2) is 4.39 Å². The third kappa shape index (κ3) is 2.86. The van der Waals surface area contributed by atoms with Gasteiger partial charge in [0.15, 0.2) is 5.82 Å². The summed E-state index contributed by atoms with van der Waals surface area (Å²) in [6, 6.07) is 6.31. The standard InChI is InChI=1S/C14H16FN3O2/c1-9-13(16-5-6-19-9)14-17-12(18-20-14)8-10-3-2-4-11(15)7-10/h2-4,7,9,13,16H,5-6,8H2,1H3/t9-,13+/m1/s1. The predicted octanol–water partition coefficient (Wildman–Crippen LogP) is 1.85. The van der Waals surface area contributed by atoms with Crippen LogP contribution in [-0.4, -0.2) is 29.4 Å². The third-order valence-corrected chi connectivity index (χ3v) is 3.32. The van der Waals surface area contributed by atoms with Gasteiger partial charge in [-0.3, -0.25) is 0 Å². The van der Waals surface area contributed by atoms with Crippen molar-refractivity contribution in [3.05, 3.63) is 47.4 Å². The van der Waals surface area contributed by atoms with Crippen LogP contribution in [0.4, 0.5) is 4.39 Å². The van der Waals surface area contributed by atoms with E-state index in [9.17, 15) is 4.39 Å². The van der Waals surface area contributed by atoms with Crippen molar-refractivity contribution in [2.24, 2.45) is 0 Å². The van der Waals surface area contributed by atoms with Crippen molar-refractivity contribution in [3.8, 4) is 0 Å². The summed E-state index contributed by atoms with van der Waals surface area (Å²) in [6.07, 6.45) is 0.440. The fourth-order valence-corrected chi connectivity index (χ4v) is 2.30. The highest BCUT2D eigenvalue weighted by Crippen LogP contribution is 2.20. The monoisotopic (exact) mass is 277 g/mol. The summed E-state index contributed by atoms with van der Waals surface area (Å²) in [6.45, 7) is 3.41. The molecule has 0 amide bonds. The minimum atomic E-state index is -0.262. The van der Waals surface area contributed by atoms with Gasteiger partial charge in [-0.2, -0.15) is 4.98 Å². The van der Waals surface area contributed by atoms with Gasteiger partial charge in [0, 0.05) is 13.0 Å². The van der Waals surface area contributed by atoms with E-state index in [-0.39, 0.29) is 18.0 Å². The van der Waals surface area contributed by atoms with Crippen LogP contribution >= 0.6 is 0 Å². The largest absolute Gasteiger partial charge is 0.375 e. The molecule has 2 aromatic rings. The first-order valence-corrected chi connectivity index (χ1v) is 6.64. The molecule has 1 aromatic carbocycles. The van der Waals surface area contributed by atoms with E-state index < -0.39 is 0 Å². The number of nitrogens with zero attached hydrogens (tertiary/aromatic N) is 2. The van der Waals surface area contributed by atoms with Gasteiger partial charge in [0.05, 0.1) is 12.7 Å². The Bertz CT molecular complexity index is 587. The number of hydrogen-bond acceptors (Lipinski definition) is 5. The molecular formula is C14H16FN3O2. The molecular weight excluding hydrogens is 261 g/mol. The van der Waals surface area contributed by atoms with Crippen molar-refractivity contribution in [2.75, 3.05) is 13.2 Å². The molecule has 6 heteroatoms. The molecule has 0 unspecified atom stereocenters. The topological polar surface area (TPSA) is 60.2 Å². The quantitative estimate of drug-likeness (QED) is 0.927. The van der Waals surface area contributed by atoms with Gasteiger partial charge in [-0.15, -0.1) is 0 Å². The average Bonchev–Trinajstić information content (AvgIpc) is 2.87. The zero-order chi connectivity index (χ0) is 13.9. The van der Waals surface area contributed by atoms with Gasteiger partial charge in [0.25, 0.3) is 0 Å². The maximum atomic E-state index is 13.1. The molecule has 0 aliphatic carbocycles. The van der Waals surface area contributed by atoms with Crippen LogP contribution < -0.4 is 5.32 Å². The number of rotatable bonds is 3. The Morgan fingerprint density at radius 1 is 1.45 bits per heavy atom. The number of halogens is 1. The normalized spacial score (nSPS) is 22.9. The number of ether oxygens (including phenoxy) is 1. The fourth-order valence-electron chi connectivity index (χ4n) is 2.30. The van der Waals surface area contributed by atoms with Crippen molar-refractivity contribution in [1.29, 1.82) is 0 Å². The lowest BCUT2D eigenvalue weighted by Crippen LogP contribution is -2.40. The molecule has 106 valence electrons. The van der Waals surface area contributed by atoms with E-state index in [1.165, 1.54) is 12.1 Å². The highest BCUT2D eigenvalue weighted by Gasteiger charge is 2.28. The summed E-state index contributed by atoms with van der Waals surface area (Å²) >= 11 is 0. The summed E-state index contributed by atoms with van der Waals surface area (Å²) in [4.78, 5) is 4.37. The van der Waals surface area contributed by atoms with Crippen molar-refractivity contribution in [1.82, 2.24) is 15.5 Å². The van der Waals surface area contributed by atoms with E-state index >= 15 is 0 Å². The first-order chi connectivity index (χ1) is 9.72. The van der Waals surface area contributed by atoms with Crippen LogP contribution in [0.2, 0.25) is 0 Å². The zero-order valence-electron chi connectivity index (χ0n) is 11.2. The summed E-state index contributed by atoms with van der Waals surface area (Å²) < 4.78 is 24.0. The van der Waals surface area contributed by atoms with E-state index in [2.05, 4.69) is 15.5 Å². The molecule has 1 N–H and O–H groups in total. The van der Waals surface area contributed by atoms with Gasteiger partial charge >= 0.3 is 0 Å². The minimum absolute atomic E-state index is 0.00813. The van der Waals surface area contributed by atoms with Crippen LogP contribution in [0.15, 0.2) is 28.8 Å². The highest BCUT2D eigenvalue weighted by molar-refractivity contribution is 5.19. The lowest BCUT2D eigenvalue weighted by atomic mass is 10.1. The molecule has 2 heterocycles. The summed E-state index contributed by atoms with van der Waals surface area (Å²) in [5, 5.41) is 7.24. The summed E-state index contributed by atoms with van der Waals surface area (Å²) in [5.74, 6) is 0.802. The molecule has 1 aliphatic heterocycles. The van der Waals surface area contributed by atoms with E-state index in [0.29, 0.717) is 24.7 Å². The number of aromatic nitrogens is 2. The van der Waals surface area contributed by atoms with Crippen LogP contribution in [0.25, 0.3) is 0 Å². The molecule has 0 spiro atoms. The highest BCUT2D eigenvalue weighted by atomic mass is 19.1. The minimum Gasteiger partial charge on any atom is -0.375 e. The Hall–Kier alpha value is -1.79. The molecule has 3 rings (SSSR count). The van der Waals surface area contributed by atoms with Gasteiger partial charge in [-0.05, 0) is 24.6 Å². The van der Waals surface area contributed by atoms with E-state index in [0.717, 1.165) is 12.1 Å². The number of nitrogens with one attached hydrogen (secondary N) is 1. The molecule has 1 fully saturated rings. The predicted molar refractivity (Wildman–Crippen MR) is 69.7 cm³/mol. The fraction of sp³-hybridized carbons (Fsp3) is 0.429. The van der Waals surface area contributed by atoms with Crippen LogP contribution in [-0.2, 0) is 11.2 Å². The molecule has 0 saturated carbocycles. The second kappa shape index (κ2) is 5.68. The average molecular weight is 277 g/mol. The van der Waals surface area contributed by atoms with Crippen LogP contribution in [0.5, 0.6) is 0 Å². The second-order valence-electron chi connectivity index (χ2n) is 4.86. The Balaban J connectivity index is 1.73. The molecule has 1 saturated heterocycles. The first-order valence-electron chi connectivity index (χ1n) is 6.64. The molecule has 5 nitrogen and oxygen atoms in total. The smallest absolute Gasteiger partial charge is 0.246 e. The second-order valence-corrected chi connectivity index (χ2v) is 4.86. The van der Waals surface area contributed by atoms with Crippen LogP contribution in [0, 0.1) is 5.82 Å². The molecule has 1 aromatic heterocycles. The Kier molecular flexibility index (Phi) is 3.75. The van der Waals surface area contributed by atoms with Gasteiger partial charge in [0.1, 0.15) is 11.9 Å². The number of morpholine rings is 1. The Morgan fingerprint density at radius 2 is 2.35 bits per heavy atom. The third-order valence-electron chi connectivity index (χ3n) is 3.32. The van der Waals surface area contributed by atoms with Gasteiger partial charge in [0.2, 0.25) is 5.89 Å². The zero-order valence-corrected chi connectivity index (χ0v) is 11.2. The molecule has 2 atom stereocenters. The van der Waals surface area contributed by atoms with Crippen molar-refractivity contribution in [3.63, 3.8) is 0 Å². The first kappa shape index (κ1) is 13.2. The van der Waals surface area contributed by atoms with E-state index in [1.807, 2.05) is 13.0 Å². The maximum absolute atomic E-state index is 13.1. The van der Waals surface area contributed by atoms with Gasteiger partial charge < -0.3 is 14.6 Å². The molecule has 20 heavy (non-hydrogen) atoms. The van der Waals surface area contributed by atoms with E-state index in [1.54, 1.807) is 6.07 Å². The van der Waals surface area contributed by atoms with Crippen molar-refractivity contribution < 1.29 is 13.7 Å². The van der Waals surface area contributed by atoms with Gasteiger partial charge in [-0.1, -0.05) is 17.3 Å². The Morgan fingerprint density at radius 3 is 3.15 bits per heavy atom. The van der Waals surface area contributed by atoms with E-state index in [4.69, 9.17) is 9.26 Å². The lowest BCUT2D eigenvalue weighted by molar-refractivity contribution is -0.00136. The number of benzene rings is 1. The molecule has 0 radical (unpaired) electrons. The maximum Gasteiger partial charge on any atom is 0.246 e. The van der Waals surface area contributed by atoms with Crippen molar-refractivity contribution in [2.45, 2.75) is 25.5 Å². The van der Waals surface area contributed by atoms with Crippen LogP contribution in [0.3, 0.4) is 0 Å².